The van der Waals surface area contributed by atoms with E-state index in [2.05, 4.69) is 22.0 Å². The molecule has 0 aliphatic carbocycles. The van der Waals surface area contributed by atoms with Gasteiger partial charge in [0.1, 0.15) is 12.4 Å². The second kappa shape index (κ2) is 9.20. The summed E-state index contributed by atoms with van der Waals surface area (Å²) in [6.45, 7) is 0.407. The highest BCUT2D eigenvalue weighted by Gasteiger charge is 2.12. The van der Waals surface area contributed by atoms with Gasteiger partial charge in [-0.25, -0.2) is 4.39 Å². The van der Waals surface area contributed by atoms with Crippen molar-refractivity contribution in [2.45, 2.75) is 6.61 Å². The number of nitriles is 1. The standard InChI is InChI=1S/C23H17BrFNO2/c1-27-22-13-17(11-19(14-26)18-7-9-20(25)10-8-18)12-21(24)23(22)28-15-16-5-3-2-4-6-16/h2-13H,15H2,1H3/b19-11-. The predicted octanol–water partition coefficient (Wildman–Crippen LogP) is 6.24. The largest absolute Gasteiger partial charge is 0.493 e. The van der Waals surface area contributed by atoms with Crippen molar-refractivity contribution in [1.29, 1.82) is 5.26 Å². The lowest BCUT2D eigenvalue weighted by Crippen LogP contribution is -1.99. The zero-order valence-corrected chi connectivity index (χ0v) is 16.7. The average molecular weight is 438 g/mol. The summed E-state index contributed by atoms with van der Waals surface area (Å²) in [6.07, 6.45) is 1.72. The van der Waals surface area contributed by atoms with Gasteiger partial charge in [-0.2, -0.15) is 5.26 Å². The maximum atomic E-state index is 13.1. The van der Waals surface area contributed by atoms with E-state index >= 15 is 0 Å². The Labute approximate surface area is 171 Å². The predicted molar refractivity (Wildman–Crippen MR) is 111 cm³/mol. The zero-order valence-electron chi connectivity index (χ0n) is 15.2. The molecule has 5 heteroatoms. The first kappa shape index (κ1) is 19.7. The van der Waals surface area contributed by atoms with Crippen LogP contribution >= 0.6 is 15.9 Å². The first-order chi connectivity index (χ1) is 13.6. The van der Waals surface area contributed by atoms with Gasteiger partial charge in [-0.05, 0) is 63.0 Å². The van der Waals surface area contributed by atoms with E-state index < -0.39 is 0 Å². The number of allylic oxidation sites excluding steroid dienone is 1. The third kappa shape index (κ3) is 4.79. The number of hydrogen-bond acceptors (Lipinski definition) is 3. The molecule has 0 amide bonds. The number of nitrogens with zero attached hydrogens (tertiary/aromatic N) is 1. The van der Waals surface area contributed by atoms with Crippen LogP contribution in [0.3, 0.4) is 0 Å². The van der Waals surface area contributed by atoms with Gasteiger partial charge in [-0.3, -0.25) is 0 Å². The van der Waals surface area contributed by atoms with Gasteiger partial charge < -0.3 is 9.47 Å². The topological polar surface area (TPSA) is 42.2 Å². The van der Waals surface area contributed by atoms with Crippen molar-refractivity contribution in [3.63, 3.8) is 0 Å². The van der Waals surface area contributed by atoms with Crippen molar-refractivity contribution in [1.82, 2.24) is 0 Å². The number of rotatable bonds is 6. The monoisotopic (exact) mass is 437 g/mol. The molecule has 0 aliphatic heterocycles. The number of ether oxygens (including phenoxy) is 2. The van der Waals surface area contributed by atoms with Crippen LogP contribution in [0, 0.1) is 17.1 Å². The van der Waals surface area contributed by atoms with Crippen molar-refractivity contribution in [3.05, 3.63) is 93.7 Å². The molecule has 3 aromatic carbocycles. The highest BCUT2D eigenvalue weighted by atomic mass is 79.9. The van der Waals surface area contributed by atoms with E-state index in [0.29, 0.717) is 33.7 Å². The Kier molecular flexibility index (Phi) is 6.46. The first-order valence-electron chi connectivity index (χ1n) is 8.52. The molecule has 0 radical (unpaired) electrons. The molecule has 0 spiro atoms. The number of methoxy groups -OCH3 is 1. The summed E-state index contributed by atoms with van der Waals surface area (Å²) in [5.41, 5.74) is 2.87. The fourth-order valence-electron chi connectivity index (χ4n) is 2.67. The fourth-order valence-corrected chi connectivity index (χ4v) is 3.24. The van der Waals surface area contributed by atoms with Gasteiger partial charge in [0.2, 0.25) is 0 Å². The average Bonchev–Trinajstić information content (AvgIpc) is 2.72. The third-order valence-electron chi connectivity index (χ3n) is 4.06. The van der Waals surface area contributed by atoms with Crippen molar-refractivity contribution >= 4 is 27.6 Å². The molecule has 0 aliphatic rings. The van der Waals surface area contributed by atoms with Crippen LogP contribution in [0.15, 0.2) is 71.2 Å². The van der Waals surface area contributed by atoms with Crippen LogP contribution in [0.2, 0.25) is 0 Å². The summed E-state index contributed by atoms with van der Waals surface area (Å²) >= 11 is 3.52. The minimum atomic E-state index is -0.342. The molecule has 28 heavy (non-hydrogen) atoms. The lowest BCUT2D eigenvalue weighted by molar-refractivity contribution is 0.282. The Morgan fingerprint density at radius 3 is 2.46 bits per heavy atom. The van der Waals surface area contributed by atoms with Crippen molar-refractivity contribution in [3.8, 4) is 17.6 Å². The molecule has 3 nitrogen and oxygen atoms in total. The zero-order chi connectivity index (χ0) is 19.9. The van der Waals surface area contributed by atoms with Crippen LogP contribution in [-0.4, -0.2) is 7.11 Å². The Bertz CT molecular complexity index is 1020. The highest BCUT2D eigenvalue weighted by molar-refractivity contribution is 9.10. The van der Waals surface area contributed by atoms with Gasteiger partial charge in [0.15, 0.2) is 11.5 Å². The van der Waals surface area contributed by atoms with Crippen LogP contribution in [0.25, 0.3) is 11.6 Å². The minimum Gasteiger partial charge on any atom is -0.493 e. The molecule has 0 aromatic heterocycles. The smallest absolute Gasteiger partial charge is 0.175 e. The summed E-state index contributed by atoms with van der Waals surface area (Å²) < 4.78 is 25.3. The number of hydrogen-bond donors (Lipinski definition) is 0. The molecule has 0 fully saturated rings. The molecular formula is C23H17BrFNO2. The van der Waals surface area contributed by atoms with Gasteiger partial charge in [0, 0.05) is 0 Å². The van der Waals surface area contributed by atoms with Crippen LogP contribution in [0.1, 0.15) is 16.7 Å². The quantitative estimate of drug-likeness (QED) is 0.338. The van der Waals surface area contributed by atoms with Crippen molar-refractivity contribution < 1.29 is 13.9 Å². The molecule has 0 N–H and O–H groups in total. The van der Waals surface area contributed by atoms with E-state index in [1.807, 2.05) is 36.4 Å². The summed E-state index contributed by atoms with van der Waals surface area (Å²) in [4.78, 5) is 0. The Balaban J connectivity index is 1.89. The first-order valence-corrected chi connectivity index (χ1v) is 9.32. The Hall–Kier alpha value is -3.10. The molecule has 0 bridgehead atoms. The second-order valence-electron chi connectivity index (χ2n) is 5.99. The molecule has 0 atom stereocenters. The van der Waals surface area contributed by atoms with Crippen LogP contribution < -0.4 is 9.47 Å². The van der Waals surface area contributed by atoms with E-state index in [1.54, 1.807) is 31.4 Å². The maximum Gasteiger partial charge on any atom is 0.175 e. The summed E-state index contributed by atoms with van der Waals surface area (Å²) in [6, 6.07) is 21.5. The third-order valence-corrected chi connectivity index (χ3v) is 4.65. The minimum absolute atomic E-state index is 0.342. The van der Waals surface area contributed by atoms with Crippen LogP contribution in [0.4, 0.5) is 4.39 Å². The Morgan fingerprint density at radius 2 is 1.82 bits per heavy atom. The lowest BCUT2D eigenvalue weighted by Gasteiger charge is -2.14. The van der Waals surface area contributed by atoms with Gasteiger partial charge in [-0.1, -0.05) is 42.5 Å². The van der Waals surface area contributed by atoms with Crippen LogP contribution in [-0.2, 0) is 6.61 Å². The number of benzene rings is 3. The van der Waals surface area contributed by atoms with Gasteiger partial charge in [0.25, 0.3) is 0 Å². The van der Waals surface area contributed by atoms with E-state index in [0.717, 1.165) is 11.1 Å². The molecule has 0 unspecified atom stereocenters. The molecule has 0 saturated heterocycles. The summed E-state index contributed by atoms with van der Waals surface area (Å²) in [5, 5.41) is 9.49. The molecular weight excluding hydrogens is 421 g/mol. The molecule has 3 rings (SSSR count). The molecule has 140 valence electrons. The molecule has 0 heterocycles. The number of halogens is 2. The van der Waals surface area contributed by atoms with E-state index in [4.69, 9.17) is 9.47 Å². The van der Waals surface area contributed by atoms with Crippen molar-refractivity contribution in [2.75, 3.05) is 7.11 Å². The van der Waals surface area contributed by atoms with Gasteiger partial charge >= 0.3 is 0 Å². The van der Waals surface area contributed by atoms with Gasteiger partial charge in [0.05, 0.1) is 23.2 Å². The van der Waals surface area contributed by atoms with E-state index in [9.17, 15) is 9.65 Å². The van der Waals surface area contributed by atoms with Gasteiger partial charge in [-0.15, -0.1) is 0 Å². The SMILES string of the molecule is COc1cc(/C=C(/C#N)c2ccc(F)cc2)cc(Br)c1OCc1ccccc1. The lowest BCUT2D eigenvalue weighted by atomic mass is 10.0. The van der Waals surface area contributed by atoms with E-state index in [1.165, 1.54) is 12.1 Å². The molecule has 0 saturated carbocycles. The normalized spacial score (nSPS) is 11.0. The molecule has 3 aromatic rings. The van der Waals surface area contributed by atoms with E-state index in [-0.39, 0.29) is 5.82 Å². The summed E-state index contributed by atoms with van der Waals surface area (Å²) in [5.74, 6) is 0.794. The fraction of sp³-hybridized carbons (Fsp3) is 0.0870. The Morgan fingerprint density at radius 1 is 1.11 bits per heavy atom. The summed E-state index contributed by atoms with van der Waals surface area (Å²) in [7, 11) is 1.57. The maximum absolute atomic E-state index is 13.1. The highest BCUT2D eigenvalue weighted by Crippen LogP contribution is 2.38. The van der Waals surface area contributed by atoms with Crippen LogP contribution in [0.5, 0.6) is 11.5 Å². The van der Waals surface area contributed by atoms with Crippen molar-refractivity contribution in [2.24, 2.45) is 0 Å². The second-order valence-corrected chi connectivity index (χ2v) is 6.84.